The third-order valence-corrected chi connectivity index (χ3v) is 3.42. The van der Waals surface area contributed by atoms with Gasteiger partial charge in [-0.05, 0) is 30.7 Å². The average molecular weight is 263 g/mol. The quantitative estimate of drug-likeness (QED) is 0.831. The second-order valence-corrected chi connectivity index (χ2v) is 4.72. The van der Waals surface area contributed by atoms with Crippen molar-refractivity contribution in [2.45, 2.75) is 12.5 Å². The van der Waals surface area contributed by atoms with Crippen molar-refractivity contribution in [2.75, 3.05) is 33.3 Å². The molecule has 1 amide bonds. The highest BCUT2D eigenvalue weighted by atomic mass is 16.5. The lowest BCUT2D eigenvalue weighted by atomic mass is 10.0. The van der Waals surface area contributed by atoms with Gasteiger partial charge in [0.25, 0.3) is 0 Å². The largest absolute Gasteiger partial charge is 0.497 e. The lowest BCUT2D eigenvalue weighted by Crippen LogP contribution is -2.39. The van der Waals surface area contributed by atoms with Gasteiger partial charge in [0.2, 0.25) is 5.91 Å². The third-order valence-electron chi connectivity index (χ3n) is 3.42. The van der Waals surface area contributed by atoms with Gasteiger partial charge in [-0.3, -0.25) is 9.69 Å². The van der Waals surface area contributed by atoms with Crippen LogP contribution in [0.1, 0.15) is 18.0 Å². The van der Waals surface area contributed by atoms with E-state index in [9.17, 15) is 4.79 Å². The first-order valence-corrected chi connectivity index (χ1v) is 6.60. The Morgan fingerprint density at radius 2 is 2.26 bits per heavy atom. The molecule has 1 fully saturated rings. The van der Waals surface area contributed by atoms with Crippen molar-refractivity contribution in [1.29, 1.82) is 0 Å². The van der Waals surface area contributed by atoms with Gasteiger partial charge in [0.1, 0.15) is 11.8 Å². The molecular weight excluding hydrogens is 242 g/mol. The predicted octanol–water partition coefficient (Wildman–Crippen LogP) is 0.517. The van der Waals surface area contributed by atoms with E-state index in [1.165, 1.54) is 0 Å². The molecule has 104 valence electrons. The van der Waals surface area contributed by atoms with Gasteiger partial charge in [-0.1, -0.05) is 12.1 Å². The standard InChI is InChI=1S/C14H21N3O2/c1-19-12-5-2-4-11(10-12)13(14(15)18)17-8-3-6-16-7-9-17/h2,4-5,10,13,16H,3,6-9H2,1H3,(H2,15,18). The summed E-state index contributed by atoms with van der Waals surface area (Å²) < 4.78 is 5.21. The number of nitrogens with one attached hydrogen (secondary N) is 1. The van der Waals surface area contributed by atoms with E-state index >= 15 is 0 Å². The molecule has 1 aromatic rings. The van der Waals surface area contributed by atoms with E-state index in [1.807, 2.05) is 24.3 Å². The van der Waals surface area contributed by atoms with Gasteiger partial charge in [0.05, 0.1) is 7.11 Å². The number of nitrogens with zero attached hydrogens (tertiary/aromatic N) is 1. The van der Waals surface area contributed by atoms with Crippen molar-refractivity contribution in [3.05, 3.63) is 29.8 Å². The highest BCUT2D eigenvalue weighted by Crippen LogP contribution is 2.24. The van der Waals surface area contributed by atoms with Crippen LogP contribution in [-0.4, -0.2) is 44.1 Å². The van der Waals surface area contributed by atoms with E-state index in [-0.39, 0.29) is 11.9 Å². The zero-order valence-electron chi connectivity index (χ0n) is 11.3. The molecule has 0 spiro atoms. The summed E-state index contributed by atoms with van der Waals surface area (Å²) in [5.74, 6) is 0.437. The monoisotopic (exact) mass is 263 g/mol. The Bertz CT molecular complexity index is 428. The van der Waals surface area contributed by atoms with Crippen LogP contribution in [0.15, 0.2) is 24.3 Å². The summed E-state index contributed by atoms with van der Waals surface area (Å²) in [4.78, 5) is 14.0. The highest BCUT2D eigenvalue weighted by molar-refractivity contribution is 5.81. The SMILES string of the molecule is COc1cccc(C(C(N)=O)N2CCCNCC2)c1. The van der Waals surface area contributed by atoms with Crippen molar-refractivity contribution in [3.63, 3.8) is 0 Å². The normalized spacial score (nSPS) is 18.6. The molecule has 5 heteroatoms. The number of nitrogens with two attached hydrogens (primary N) is 1. The number of carbonyl (C=O) groups excluding carboxylic acids is 1. The maximum Gasteiger partial charge on any atom is 0.239 e. The first kappa shape index (κ1) is 13.8. The van der Waals surface area contributed by atoms with Gasteiger partial charge in [0, 0.05) is 19.6 Å². The summed E-state index contributed by atoms with van der Waals surface area (Å²) in [5, 5.41) is 3.33. The minimum atomic E-state index is -0.380. The zero-order chi connectivity index (χ0) is 13.7. The zero-order valence-corrected chi connectivity index (χ0v) is 11.3. The Kier molecular flexibility index (Phi) is 4.76. The molecule has 3 N–H and O–H groups in total. The van der Waals surface area contributed by atoms with E-state index in [2.05, 4.69) is 10.2 Å². The molecule has 0 bridgehead atoms. The van der Waals surface area contributed by atoms with Crippen LogP contribution in [0.5, 0.6) is 5.75 Å². The topological polar surface area (TPSA) is 67.6 Å². The number of hydrogen-bond donors (Lipinski definition) is 2. The van der Waals surface area contributed by atoms with Gasteiger partial charge < -0.3 is 15.8 Å². The summed E-state index contributed by atoms with van der Waals surface area (Å²) >= 11 is 0. The van der Waals surface area contributed by atoms with E-state index in [1.54, 1.807) is 7.11 Å². The van der Waals surface area contributed by atoms with Crippen LogP contribution in [0.4, 0.5) is 0 Å². The Hall–Kier alpha value is -1.59. The Labute approximate surface area is 113 Å². The summed E-state index contributed by atoms with van der Waals surface area (Å²) in [6, 6.07) is 7.19. The van der Waals surface area contributed by atoms with Crippen LogP contribution in [0.2, 0.25) is 0 Å². The first-order valence-electron chi connectivity index (χ1n) is 6.60. The molecule has 1 heterocycles. The second-order valence-electron chi connectivity index (χ2n) is 4.72. The Morgan fingerprint density at radius 3 is 3.00 bits per heavy atom. The lowest BCUT2D eigenvalue weighted by molar-refractivity contribution is -0.123. The number of hydrogen-bond acceptors (Lipinski definition) is 4. The summed E-state index contributed by atoms with van der Waals surface area (Å²) in [5.41, 5.74) is 6.50. The van der Waals surface area contributed by atoms with Crippen LogP contribution >= 0.6 is 0 Å². The molecule has 0 saturated carbocycles. The number of methoxy groups -OCH3 is 1. The Balaban J connectivity index is 2.25. The van der Waals surface area contributed by atoms with Crippen LogP contribution in [0.3, 0.4) is 0 Å². The highest BCUT2D eigenvalue weighted by Gasteiger charge is 2.26. The molecule has 0 aromatic heterocycles. The molecule has 0 aliphatic carbocycles. The Morgan fingerprint density at radius 1 is 1.42 bits per heavy atom. The van der Waals surface area contributed by atoms with Gasteiger partial charge >= 0.3 is 0 Å². The molecule has 2 rings (SSSR count). The minimum Gasteiger partial charge on any atom is -0.497 e. The fourth-order valence-corrected chi connectivity index (χ4v) is 2.49. The molecule has 1 unspecified atom stereocenters. The second kappa shape index (κ2) is 6.54. The molecule has 5 nitrogen and oxygen atoms in total. The average Bonchev–Trinajstić information content (AvgIpc) is 2.68. The molecule has 1 atom stereocenters. The smallest absolute Gasteiger partial charge is 0.239 e. The minimum absolute atomic E-state index is 0.310. The fourth-order valence-electron chi connectivity index (χ4n) is 2.49. The third kappa shape index (κ3) is 3.45. The van der Waals surface area contributed by atoms with Crippen molar-refractivity contribution in [1.82, 2.24) is 10.2 Å². The van der Waals surface area contributed by atoms with Crippen LogP contribution in [0, 0.1) is 0 Å². The number of ether oxygens (including phenoxy) is 1. The molecule has 1 aliphatic heterocycles. The fraction of sp³-hybridized carbons (Fsp3) is 0.500. The van der Waals surface area contributed by atoms with Gasteiger partial charge in [-0.15, -0.1) is 0 Å². The van der Waals surface area contributed by atoms with Crippen LogP contribution in [-0.2, 0) is 4.79 Å². The maximum absolute atomic E-state index is 11.8. The summed E-state index contributed by atoms with van der Waals surface area (Å²) in [7, 11) is 1.62. The molecular formula is C14H21N3O2. The summed E-state index contributed by atoms with van der Waals surface area (Å²) in [6.45, 7) is 3.57. The number of carbonyl (C=O) groups is 1. The number of amides is 1. The number of rotatable bonds is 4. The molecule has 19 heavy (non-hydrogen) atoms. The maximum atomic E-state index is 11.8. The predicted molar refractivity (Wildman–Crippen MR) is 74.0 cm³/mol. The molecule has 1 aromatic carbocycles. The van der Waals surface area contributed by atoms with Gasteiger partial charge in [-0.2, -0.15) is 0 Å². The van der Waals surface area contributed by atoms with Crippen LogP contribution in [0.25, 0.3) is 0 Å². The van der Waals surface area contributed by atoms with Crippen molar-refractivity contribution < 1.29 is 9.53 Å². The van der Waals surface area contributed by atoms with Gasteiger partial charge in [0.15, 0.2) is 0 Å². The van der Waals surface area contributed by atoms with Crippen molar-refractivity contribution in [2.24, 2.45) is 5.73 Å². The van der Waals surface area contributed by atoms with E-state index in [0.717, 1.165) is 43.9 Å². The van der Waals surface area contributed by atoms with Crippen LogP contribution < -0.4 is 15.8 Å². The van der Waals surface area contributed by atoms with E-state index in [4.69, 9.17) is 10.5 Å². The van der Waals surface area contributed by atoms with Gasteiger partial charge in [-0.25, -0.2) is 0 Å². The number of primary amides is 1. The van der Waals surface area contributed by atoms with Crippen molar-refractivity contribution in [3.8, 4) is 5.75 Å². The van der Waals surface area contributed by atoms with E-state index < -0.39 is 0 Å². The molecule has 1 saturated heterocycles. The first-order chi connectivity index (χ1) is 9.22. The van der Waals surface area contributed by atoms with Crippen molar-refractivity contribution >= 4 is 5.91 Å². The van der Waals surface area contributed by atoms with E-state index in [0.29, 0.717) is 0 Å². The summed E-state index contributed by atoms with van der Waals surface area (Å²) in [6.07, 6.45) is 1.02. The number of benzene rings is 1. The molecule has 0 radical (unpaired) electrons. The molecule has 1 aliphatic rings. The lowest BCUT2D eigenvalue weighted by Gasteiger charge is -2.28.